The van der Waals surface area contributed by atoms with Gasteiger partial charge in [-0.25, -0.2) is 0 Å². The van der Waals surface area contributed by atoms with E-state index < -0.39 is 6.10 Å². The molecule has 4 heteroatoms. The smallest absolute Gasteiger partial charge is 0.271 e. The fraction of sp³-hybridized carbons (Fsp3) is 0.136. The van der Waals surface area contributed by atoms with Gasteiger partial charge in [0, 0.05) is 10.7 Å². The van der Waals surface area contributed by atoms with Gasteiger partial charge in [0.05, 0.1) is 0 Å². The van der Waals surface area contributed by atoms with Gasteiger partial charge < -0.3 is 4.74 Å². The lowest BCUT2D eigenvalue weighted by molar-refractivity contribution is -0.135. The zero-order chi connectivity index (χ0) is 18.1. The number of carbonyl (C=O) groups excluding carboxylic acids is 1. The number of carbonyl (C=O) groups is 1. The first kappa shape index (κ1) is 16.7. The minimum Gasteiger partial charge on any atom is -0.478 e. The standard InChI is InChI=1S/C22H18ClNO2/c1-15-7-5-6-10-19(15)24-20(16-8-3-2-4-9-16)21(22(24)25)26-18-13-11-17(23)12-14-18/h2-14,20-21H,1H3/t20-,21-/m0/s1. The average molecular weight is 364 g/mol. The van der Waals surface area contributed by atoms with Gasteiger partial charge in [-0.3, -0.25) is 9.69 Å². The van der Waals surface area contributed by atoms with Gasteiger partial charge in [-0.15, -0.1) is 0 Å². The monoisotopic (exact) mass is 363 g/mol. The molecule has 0 unspecified atom stereocenters. The summed E-state index contributed by atoms with van der Waals surface area (Å²) in [5.74, 6) is 0.598. The van der Waals surface area contributed by atoms with Crippen molar-refractivity contribution in [2.24, 2.45) is 0 Å². The van der Waals surface area contributed by atoms with Crippen LogP contribution in [-0.4, -0.2) is 12.0 Å². The van der Waals surface area contributed by atoms with Crippen LogP contribution in [0.5, 0.6) is 5.75 Å². The van der Waals surface area contributed by atoms with Crippen molar-refractivity contribution in [3.05, 3.63) is 95.0 Å². The van der Waals surface area contributed by atoms with Crippen molar-refractivity contribution in [3.63, 3.8) is 0 Å². The van der Waals surface area contributed by atoms with Crippen LogP contribution in [0.25, 0.3) is 0 Å². The van der Waals surface area contributed by atoms with E-state index in [4.69, 9.17) is 16.3 Å². The summed E-state index contributed by atoms with van der Waals surface area (Å²) in [7, 11) is 0. The molecule has 0 radical (unpaired) electrons. The Hall–Kier alpha value is -2.78. The highest BCUT2D eigenvalue weighted by atomic mass is 35.5. The molecule has 2 atom stereocenters. The molecular weight excluding hydrogens is 346 g/mol. The van der Waals surface area contributed by atoms with Crippen LogP contribution in [0.4, 0.5) is 5.69 Å². The summed E-state index contributed by atoms with van der Waals surface area (Å²) in [6, 6.07) is 24.8. The molecule has 3 nitrogen and oxygen atoms in total. The van der Waals surface area contributed by atoms with Crippen LogP contribution in [0.15, 0.2) is 78.9 Å². The molecule has 0 spiro atoms. The van der Waals surface area contributed by atoms with Crippen LogP contribution in [0.3, 0.4) is 0 Å². The Morgan fingerprint density at radius 3 is 2.23 bits per heavy atom. The van der Waals surface area contributed by atoms with Crippen molar-refractivity contribution in [2.45, 2.75) is 19.1 Å². The highest BCUT2D eigenvalue weighted by Crippen LogP contribution is 2.42. The number of rotatable bonds is 4. The molecule has 1 aliphatic heterocycles. The molecule has 3 aromatic rings. The Morgan fingerprint density at radius 2 is 1.54 bits per heavy atom. The van der Waals surface area contributed by atoms with Crippen LogP contribution >= 0.6 is 11.6 Å². The molecule has 1 heterocycles. The minimum absolute atomic E-state index is 0.0388. The van der Waals surface area contributed by atoms with Gasteiger partial charge in [0.25, 0.3) is 5.91 Å². The molecule has 0 N–H and O–H groups in total. The van der Waals surface area contributed by atoms with Crippen molar-refractivity contribution in [1.29, 1.82) is 0 Å². The Balaban J connectivity index is 1.69. The van der Waals surface area contributed by atoms with Crippen LogP contribution in [-0.2, 0) is 4.79 Å². The van der Waals surface area contributed by atoms with Crippen LogP contribution in [0, 0.1) is 6.92 Å². The van der Waals surface area contributed by atoms with Crippen molar-refractivity contribution in [3.8, 4) is 5.75 Å². The number of β-lactam (4-membered cyclic amide) rings is 1. The SMILES string of the molecule is Cc1ccccc1N1C(=O)[C@@H](Oc2ccc(Cl)cc2)[C@@H]1c1ccccc1. The summed E-state index contributed by atoms with van der Waals surface area (Å²) in [6.45, 7) is 2.01. The quantitative estimate of drug-likeness (QED) is 0.597. The largest absolute Gasteiger partial charge is 0.478 e. The van der Waals surface area contributed by atoms with E-state index in [1.54, 1.807) is 24.3 Å². The fourth-order valence-electron chi connectivity index (χ4n) is 3.31. The Kier molecular flexibility index (Phi) is 4.39. The van der Waals surface area contributed by atoms with Crippen molar-refractivity contribution in [2.75, 3.05) is 4.90 Å². The molecule has 4 rings (SSSR count). The number of ether oxygens (including phenoxy) is 1. The fourth-order valence-corrected chi connectivity index (χ4v) is 3.44. The molecule has 1 amide bonds. The van der Waals surface area contributed by atoms with E-state index in [0.29, 0.717) is 10.8 Å². The molecule has 0 aromatic heterocycles. The Morgan fingerprint density at radius 1 is 0.885 bits per heavy atom. The number of para-hydroxylation sites is 1. The summed E-state index contributed by atoms with van der Waals surface area (Å²) in [4.78, 5) is 14.8. The van der Waals surface area contributed by atoms with Crippen molar-refractivity contribution in [1.82, 2.24) is 0 Å². The summed E-state index contributed by atoms with van der Waals surface area (Å²) < 4.78 is 6.03. The Labute approximate surface area is 157 Å². The molecule has 130 valence electrons. The van der Waals surface area contributed by atoms with E-state index in [0.717, 1.165) is 16.8 Å². The van der Waals surface area contributed by atoms with Gasteiger partial charge >= 0.3 is 0 Å². The van der Waals surface area contributed by atoms with Gasteiger partial charge in [0.15, 0.2) is 0 Å². The zero-order valence-corrected chi connectivity index (χ0v) is 15.1. The molecule has 1 aliphatic rings. The van der Waals surface area contributed by atoms with E-state index >= 15 is 0 Å². The summed E-state index contributed by atoms with van der Waals surface area (Å²) in [5.41, 5.74) is 3.03. The third kappa shape index (κ3) is 2.95. The molecular formula is C22H18ClNO2. The van der Waals surface area contributed by atoms with Crippen LogP contribution < -0.4 is 9.64 Å². The third-order valence-corrected chi connectivity index (χ3v) is 4.89. The first-order valence-corrected chi connectivity index (χ1v) is 8.89. The topological polar surface area (TPSA) is 29.5 Å². The number of benzene rings is 3. The maximum Gasteiger partial charge on any atom is 0.271 e. The average Bonchev–Trinajstić information content (AvgIpc) is 2.67. The molecule has 1 saturated heterocycles. The third-order valence-electron chi connectivity index (χ3n) is 4.64. The molecule has 3 aromatic carbocycles. The number of halogens is 1. The van der Waals surface area contributed by atoms with E-state index in [-0.39, 0.29) is 11.9 Å². The molecule has 1 fully saturated rings. The van der Waals surface area contributed by atoms with E-state index in [2.05, 4.69) is 0 Å². The summed E-state index contributed by atoms with van der Waals surface area (Å²) in [6.07, 6.45) is -0.557. The molecule has 0 aliphatic carbocycles. The molecule has 0 saturated carbocycles. The maximum atomic E-state index is 12.9. The second-order valence-electron chi connectivity index (χ2n) is 6.34. The van der Waals surface area contributed by atoms with Gasteiger partial charge in [-0.1, -0.05) is 60.1 Å². The number of hydrogen-bond acceptors (Lipinski definition) is 2. The van der Waals surface area contributed by atoms with Gasteiger partial charge in [-0.2, -0.15) is 0 Å². The normalized spacial score (nSPS) is 19.2. The maximum absolute atomic E-state index is 12.9. The van der Waals surface area contributed by atoms with E-state index in [1.807, 2.05) is 66.4 Å². The first-order valence-electron chi connectivity index (χ1n) is 8.51. The van der Waals surface area contributed by atoms with E-state index in [1.165, 1.54) is 0 Å². The lowest BCUT2D eigenvalue weighted by Crippen LogP contribution is -2.61. The second kappa shape index (κ2) is 6.85. The number of amides is 1. The van der Waals surface area contributed by atoms with Gasteiger partial charge in [-0.05, 0) is 48.4 Å². The summed E-state index contributed by atoms with van der Waals surface area (Å²) in [5, 5.41) is 0.637. The van der Waals surface area contributed by atoms with Crippen molar-refractivity contribution < 1.29 is 9.53 Å². The Bertz CT molecular complexity index is 924. The van der Waals surface area contributed by atoms with Crippen LogP contribution in [0.1, 0.15) is 17.2 Å². The van der Waals surface area contributed by atoms with Gasteiger partial charge in [0.2, 0.25) is 6.10 Å². The predicted molar refractivity (Wildman–Crippen MR) is 104 cm³/mol. The summed E-state index contributed by atoms with van der Waals surface area (Å²) >= 11 is 5.94. The highest BCUT2D eigenvalue weighted by molar-refractivity contribution is 6.30. The lowest BCUT2D eigenvalue weighted by Gasteiger charge is -2.47. The second-order valence-corrected chi connectivity index (χ2v) is 6.78. The first-order chi connectivity index (χ1) is 12.6. The lowest BCUT2D eigenvalue weighted by atomic mass is 9.89. The predicted octanol–water partition coefficient (Wildman–Crippen LogP) is 5.18. The van der Waals surface area contributed by atoms with Crippen molar-refractivity contribution >= 4 is 23.2 Å². The number of aryl methyl sites for hydroxylation is 1. The molecule has 26 heavy (non-hydrogen) atoms. The van der Waals surface area contributed by atoms with Gasteiger partial charge in [0.1, 0.15) is 11.8 Å². The van der Waals surface area contributed by atoms with E-state index in [9.17, 15) is 4.79 Å². The molecule has 0 bridgehead atoms. The number of nitrogens with zero attached hydrogens (tertiary/aromatic N) is 1. The highest BCUT2D eigenvalue weighted by Gasteiger charge is 2.51. The minimum atomic E-state index is -0.557. The number of hydrogen-bond donors (Lipinski definition) is 0. The zero-order valence-electron chi connectivity index (χ0n) is 14.3. The van der Waals surface area contributed by atoms with Crippen LogP contribution in [0.2, 0.25) is 5.02 Å². The number of anilines is 1.